The lowest BCUT2D eigenvalue weighted by molar-refractivity contribution is -0.140. The number of carbonyl (C=O) groups excluding carboxylic acids is 3. The summed E-state index contributed by atoms with van der Waals surface area (Å²) >= 11 is 12.1. The molecule has 1 aromatic rings. The molecule has 1 saturated heterocycles. The number of carbonyl (C=O) groups is 3. The van der Waals surface area contributed by atoms with Gasteiger partial charge in [-0.05, 0) is 74.0 Å². The second-order valence-corrected chi connectivity index (χ2v) is 12.5. The zero-order valence-electron chi connectivity index (χ0n) is 20.9. The van der Waals surface area contributed by atoms with Crippen LogP contribution in [0.3, 0.4) is 0 Å². The highest BCUT2D eigenvalue weighted by Gasteiger charge is 2.53. The molecule has 1 aliphatic heterocycles. The van der Waals surface area contributed by atoms with Gasteiger partial charge in [-0.15, -0.1) is 0 Å². The van der Waals surface area contributed by atoms with Gasteiger partial charge < -0.3 is 15.0 Å². The van der Waals surface area contributed by atoms with Gasteiger partial charge in [0, 0.05) is 23.9 Å². The average Bonchev–Trinajstić information content (AvgIpc) is 3.41. The Balaban J connectivity index is 1.26. The topological polar surface area (TPSA) is 99.5 Å². The van der Waals surface area contributed by atoms with Crippen LogP contribution in [0.25, 0.3) is 0 Å². The lowest BCUT2D eigenvalue weighted by Gasteiger charge is -2.33. The Morgan fingerprint density at radius 1 is 1.14 bits per heavy atom. The number of halogens is 2. The third-order valence-corrected chi connectivity index (χ3v) is 9.45. The molecule has 1 heterocycles. The summed E-state index contributed by atoms with van der Waals surface area (Å²) in [5, 5.41) is 13.4. The Hall–Kier alpha value is -2.30. The van der Waals surface area contributed by atoms with Gasteiger partial charge in [0.05, 0.1) is 11.1 Å². The van der Waals surface area contributed by atoms with Crippen LogP contribution in [0.1, 0.15) is 70.6 Å². The van der Waals surface area contributed by atoms with E-state index in [4.69, 9.17) is 27.9 Å². The van der Waals surface area contributed by atoms with Gasteiger partial charge in [-0.1, -0.05) is 42.5 Å². The standard InChI is InChI=1S/C28H33Cl2N3O4/c29-19-4-5-24(21(30)11-19)37-16-25(35)33-17-28(6-2-1-3-7-28)13-22(33)26(36)32-20(15-31)10-18-12-27(8-9-27)14-23(18)34/h4-5,11,18,20,22H,1-3,6-10,12-14,16-17H2,(H,32,36)/t18-,20+,22+/m1/s1. The van der Waals surface area contributed by atoms with Gasteiger partial charge in [0.25, 0.3) is 5.91 Å². The number of hydrogen-bond donors (Lipinski definition) is 1. The molecule has 9 heteroatoms. The Labute approximate surface area is 227 Å². The fourth-order valence-electron chi connectivity index (χ4n) is 6.72. The second-order valence-electron chi connectivity index (χ2n) is 11.6. The second kappa shape index (κ2) is 10.5. The number of rotatable bonds is 7. The number of Topliss-reactive ketones (excluding diaryl/α,β-unsaturated/α-hetero) is 1. The molecule has 0 aromatic heterocycles. The highest BCUT2D eigenvalue weighted by molar-refractivity contribution is 6.35. The van der Waals surface area contributed by atoms with E-state index >= 15 is 0 Å². The van der Waals surface area contributed by atoms with Crippen LogP contribution in [0.15, 0.2) is 18.2 Å². The van der Waals surface area contributed by atoms with Crippen molar-refractivity contribution in [1.82, 2.24) is 10.2 Å². The first-order valence-electron chi connectivity index (χ1n) is 13.3. The number of ketones is 1. The van der Waals surface area contributed by atoms with Crippen molar-refractivity contribution in [2.24, 2.45) is 16.7 Å². The third kappa shape index (κ3) is 5.76. The molecule has 2 spiro atoms. The molecular weight excluding hydrogens is 513 g/mol. The van der Waals surface area contributed by atoms with Crippen LogP contribution >= 0.6 is 23.2 Å². The van der Waals surface area contributed by atoms with Gasteiger partial charge >= 0.3 is 0 Å². The van der Waals surface area contributed by atoms with E-state index in [-0.39, 0.29) is 41.0 Å². The quantitative estimate of drug-likeness (QED) is 0.514. The zero-order chi connectivity index (χ0) is 26.2. The Bertz CT molecular complexity index is 1120. The van der Waals surface area contributed by atoms with Crippen molar-refractivity contribution in [3.05, 3.63) is 28.2 Å². The summed E-state index contributed by atoms with van der Waals surface area (Å²) in [5.74, 6) is -0.215. The molecule has 3 aliphatic carbocycles. The van der Waals surface area contributed by atoms with Gasteiger partial charge in [0.1, 0.15) is 23.6 Å². The fourth-order valence-corrected chi connectivity index (χ4v) is 7.19. The summed E-state index contributed by atoms with van der Waals surface area (Å²) in [5.41, 5.74) is 0.0799. The summed E-state index contributed by atoms with van der Waals surface area (Å²) in [6, 6.07) is 5.57. The maximum absolute atomic E-state index is 13.5. The van der Waals surface area contributed by atoms with E-state index in [1.807, 2.05) is 0 Å². The number of likely N-dealkylation sites (tertiary alicyclic amines) is 1. The third-order valence-electron chi connectivity index (χ3n) is 8.92. The van der Waals surface area contributed by atoms with Crippen molar-refractivity contribution in [1.29, 1.82) is 5.26 Å². The van der Waals surface area contributed by atoms with Gasteiger partial charge in [0.2, 0.25) is 5.91 Å². The van der Waals surface area contributed by atoms with Gasteiger partial charge in [-0.25, -0.2) is 0 Å². The fraction of sp³-hybridized carbons (Fsp3) is 0.643. The first kappa shape index (κ1) is 26.3. The van der Waals surface area contributed by atoms with Crippen molar-refractivity contribution in [2.75, 3.05) is 13.2 Å². The van der Waals surface area contributed by atoms with Crippen molar-refractivity contribution in [3.8, 4) is 11.8 Å². The Kier molecular flexibility index (Phi) is 7.44. The summed E-state index contributed by atoms with van der Waals surface area (Å²) < 4.78 is 5.69. The van der Waals surface area contributed by atoms with Gasteiger partial charge in [0.15, 0.2) is 6.61 Å². The minimum atomic E-state index is -0.751. The van der Waals surface area contributed by atoms with Crippen LogP contribution in [-0.4, -0.2) is 47.7 Å². The van der Waals surface area contributed by atoms with E-state index in [9.17, 15) is 19.6 Å². The molecule has 1 aromatic carbocycles. The molecule has 0 bridgehead atoms. The number of amides is 2. The van der Waals surface area contributed by atoms with Crippen molar-refractivity contribution >= 4 is 40.8 Å². The van der Waals surface area contributed by atoms with Crippen LogP contribution < -0.4 is 10.1 Å². The lowest BCUT2D eigenvalue weighted by Crippen LogP contribution is -2.50. The monoisotopic (exact) mass is 545 g/mol. The van der Waals surface area contributed by atoms with Crippen LogP contribution in [0, 0.1) is 28.1 Å². The minimum Gasteiger partial charge on any atom is -0.482 e. The van der Waals surface area contributed by atoms with E-state index in [1.165, 1.54) is 0 Å². The summed E-state index contributed by atoms with van der Waals surface area (Å²) in [7, 11) is 0. The van der Waals surface area contributed by atoms with Crippen LogP contribution in [-0.2, 0) is 14.4 Å². The van der Waals surface area contributed by atoms with Crippen LogP contribution in [0.2, 0.25) is 10.0 Å². The summed E-state index contributed by atoms with van der Waals surface area (Å²) in [4.78, 5) is 41.0. The van der Waals surface area contributed by atoms with Crippen molar-refractivity contribution in [3.63, 3.8) is 0 Å². The van der Waals surface area contributed by atoms with Gasteiger partial charge in [-0.3, -0.25) is 14.4 Å². The minimum absolute atomic E-state index is 0.0876. The molecule has 5 rings (SSSR count). The predicted octanol–water partition coefficient (Wildman–Crippen LogP) is 5.08. The number of nitriles is 1. The lowest BCUT2D eigenvalue weighted by atomic mass is 9.72. The van der Waals surface area contributed by atoms with E-state index in [2.05, 4.69) is 11.4 Å². The molecule has 2 amide bonds. The number of ether oxygens (including phenoxy) is 1. The Morgan fingerprint density at radius 3 is 2.54 bits per heavy atom. The molecule has 4 aliphatic rings. The molecule has 7 nitrogen and oxygen atoms in total. The maximum Gasteiger partial charge on any atom is 0.261 e. The first-order chi connectivity index (χ1) is 17.7. The predicted molar refractivity (Wildman–Crippen MR) is 139 cm³/mol. The van der Waals surface area contributed by atoms with Gasteiger partial charge in [-0.2, -0.15) is 5.26 Å². The van der Waals surface area contributed by atoms with Crippen LogP contribution in [0.5, 0.6) is 5.75 Å². The number of nitrogens with one attached hydrogen (secondary N) is 1. The number of hydrogen-bond acceptors (Lipinski definition) is 5. The molecule has 3 atom stereocenters. The van der Waals surface area contributed by atoms with E-state index < -0.39 is 12.1 Å². The molecule has 4 fully saturated rings. The first-order valence-corrected chi connectivity index (χ1v) is 14.1. The van der Waals surface area contributed by atoms with Crippen molar-refractivity contribution in [2.45, 2.75) is 82.7 Å². The number of benzene rings is 1. The molecular formula is C28H33Cl2N3O4. The number of nitrogens with zero attached hydrogens (tertiary/aromatic N) is 2. The maximum atomic E-state index is 13.5. The van der Waals surface area contributed by atoms with E-state index in [0.29, 0.717) is 41.6 Å². The highest BCUT2D eigenvalue weighted by Crippen LogP contribution is 2.59. The largest absolute Gasteiger partial charge is 0.482 e. The molecule has 3 saturated carbocycles. The summed E-state index contributed by atoms with van der Waals surface area (Å²) in [6.07, 6.45) is 9.80. The molecule has 37 heavy (non-hydrogen) atoms. The SMILES string of the molecule is N#C[C@H](C[C@@H]1CC2(CC2)CC1=O)NC(=O)[C@@H]1CC2(CCCCC2)CN1C(=O)COc1ccc(Cl)cc1Cl. The highest BCUT2D eigenvalue weighted by atomic mass is 35.5. The van der Waals surface area contributed by atoms with E-state index in [1.54, 1.807) is 23.1 Å². The van der Waals surface area contributed by atoms with Crippen molar-refractivity contribution < 1.29 is 19.1 Å². The summed E-state index contributed by atoms with van der Waals surface area (Å²) in [6.45, 7) is 0.254. The van der Waals surface area contributed by atoms with E-state index in [0.717, 1.165) is 51.4 Å². The zero-order valence-corrected chi connectivity index (χ0v) is 22.5. The molecule has 0 unspecified atom stereocenters. The van der Waals surface area contributed by atoms with Crippen LogP contribution in [0.4, 0.5) is 0 Å². The normalized spacial score (nSPS) is 26.2. The molecule has 0 radical (unpaired) electrons. The molecule has 1 N–H and O–H groups in total. The molecule has 198 valence electrons. The Morgan fingerprint density at radius 2 is 1.89 bits per heavy atom. The smallest absolute Gasteiger partial charge is 0.261 e. The average molecular weight is 546 g/mol.